The lowest BCUT2D eigenvalue weighted by molar-refractivity contribution is 0.425. The minimum atomic E-state index is 0.352. The summed E-state index contributed by atoms with van der Waals surface area (Å²) in [5, 5.41) is 21.2. The van der Waals surface area contributed by atoms with E-state index in [1.165, 1.54) is 0 Å². The Kier molecular flexibility index (Phi) is 5.39. The quantitative estimate of drug-likeness (QED) is 0.452. The highest BCUT2D eigenvalue weighted by Crippen LogP contribution is 2.25. The van der Waals surface area contributed by atoms with E-state index in [9.17, 15) is 5.26 Å². The van der Waals surface area contributed by atoms with Crippen molar-refractivity contribution < 1.29 is 4.52 Å². The summed E-state index contributed by atoms with van der Waals surface area (Å²) in [5.41, 5.74) is 8.82. The van der Waals surface area contributed by atoms with Crippen LogP contribution < -0.4 is 11.1 Å². The zero-order valence-electron chi connectivity index (χ0n) is 16.4. The molecule has 0 aliphatic heterocycles. The van der Waals surface area contributed by atoms with Crippen molar-refractivity contribution in [3.63, 3.8) is 0 Å². The maximum Gasteiger partial charge on any atom is 0.261 e. The van der Waals surface area contributed by atoms with E-state index in [4.69, 9.17) is 10.3 Å². The lowest BCUT2D eigenvalue weighted by Crippen LogP contribution is -2.06. The summed E-state index contributed by atoms with van der Waals surface area (Å²) in [6.45, 7) is 2.39. The number of benzene rings is 1. The Balaban J connectivity index is 1.44. The summed E-state index contributed by atoms with van der Waals surface area (Å²) >= 11 is 0. The van der Waals surface area contributed by atoms with Crippen molar-refractivity contribution >= 4 is 11.6 Å². The molecule has 0 radical (unpaired) electrons. The van der Waals surface area contributed by atoms with Gasteiger partial charge in [0.1, 0.15) is 23.3 Å². The van der Waals surface area contributed by atoms with Crippen molar-refractivity contribution in [2.75, 3.05) is 17.6 Å². The Morgan fingerprint density at radius 2 is 2.03 bits per heavy atom. The van der Waals surface area contributed by atoms with E-state index in [1.54, 1.807) is 17.8 Å². The van der Waals surface area contributed by atoms with Crippen molar-refractivity contribution in [2.24, 2.45) is 0 Å². The van der Waals surface area contributed by atoms with Crippen LogP contribution in [0.1, 0.15) is 23.5 Å². The van der Waals surface area contributed by atoms with Gasteiger partial charge in [0.2, 0.25) is 0 Å². The van der Waals surface area contributed by atoms with Crippen LogP contribution in [0.5, 0.6) is 0 Å². The standard InChI is InChI=1S/C21H20N8O/c1-14-26-21(30-28-14)16-9-5-11-24-20(16)25-12-6-10-18-17(13-22)19(23)29(27-18)15-7-3-2-4-8-15/h2-5,7-9,11H,6,10,12,23H2,1H3,(H,24,25). The SMILES string of the molecule is Cc1noc(-c2cccnc2NCCCc2nn(-c3ccccc3)c(N)c2C#N)n1. The third-order valence-corrected chi connectivity index (χ3v) is 4.55. The predicted octanol–water partition coefficient (Wildman–Crippen LogP) is 3.12. The molecular weight excluding hydrogens is 380 g/mol. The number of nitrogens with one attached hydrogen (secondary N) is 1. The molecule has 3 heterocycles. The van der Waals surface area contributed by atoms with Crippen molar-refractivity contribution in [2.45, 2.75) is 19.8 Å². The smallest absolute Gasteiger partial charge is 0.261 e. The van der Waals surface area contributed by atoms with Crippen LogP contribution in [0.25, 0.3) is 17.1 Å². The molecule has 0 amide bonds. The molecule has 4 rings (SSSR count). The summed E-state index contributed by atoms with van der Waals surface area (Å²) < 4.78 is 6.86. The van der Waals surface area contributed by atoms with Crippen LogP contribution in [0.4, 0.5) is 11.6 Å². The van der Waals surface area contributed by atoms with Crippen LogP contribution in [0.3, 0.4) is 0 Å². The largest absolute Gasteiger partial charge is 0.382 e. The molecule has 0 saturated carbocycles. The topological polar surface area (TPSA) is 131 Å². The van der Waals surface area contributed by atoms with E-state index in [1.807, 2.05) is 42.5 Å². The highest BCUT2D eigenvalue weighted by atomic mass is 16.5. The van der Waals surface area contributed by atoms with E-state index in [0.717, 1.165) is 17.7 Å². The molecule has 3 aromatic heterocycles. The van der Waals surface area contributed by atoms with Crippen LogP contribution in [0.2, 0.25) is 0 Å². The Morgan fingerprint density at radius 3 is 2.77 bits per heavy atom. The molecule has 9 nitrogen and oxygen atoms in total. The highest BCUT2D eigenvalue weighted by molar-refractivity contribution is 5.68. The summed E-state index contributed by atoms with van der Waals surface area (Å²) in [5.74, 6) is 2.00. The van der Waals surface area contributed by atoms with E-state index in [0.29, 0.717) is 47.6 Å². The molecule has 0 spiro atoms. The number of hydrogen-bond donors (Lipinski definition) is 2. The fraction of sp³-hybridized carbons (Fsp3) is 0.190. The van der Waals surface area contributed by atoms with E-state index in [-0.39, 0.29) is 0 Å². The second kappa shape index (κ2) is 8.45. The minimum absolute atomic E-state index is 0.352. The van der Waals surface area contributed by atoms with Gasteiger partial charge < -0.3 is 15.6 Å². The van der Waals surface area contributed by atoms with Crippen molar-refractivity contribution in [3.8, 4) is 23.2 Å². The maximum absolute atomic E-state index is 9.53. The maximum atomic E-state index is 9.53. The average Bonchev–Trinajstić information content (AvgIpc) is 3.35. The number of aromatic nitrogens is 5. The van der Waals surface area contributed by atoms with Gasteiger partial charge >= 0.3 is 0 Å². The fourth-order valence-electron chi connectivity index (χ4n) is 3.13. The number of aryl methyl sites for hydroxylation is 2. The summed E-state index contributed by atoms with van der Waals surface area (Å²) in [6.07, 6.45) is 3.03. The molecular formula is C21H20N8O. The molecule has 150 valence electrons. The molecule has 0 atom stereocenters. The molecule has 0 unspecified atom stereocenters. The van der Waals surface area contributed by atoms with Crippen LogP contribution in [0.15, 0.2) is 53.2 Å². The molecule has 0 aliphatic carbocycles. The first-order valence-corrected chi connectivity index (χ1v) is 9.50. The second-order valence-electron chi connectivity index (χ2n) is 6.64. The number of nitrogens with zero attached hydrogens (tertiary/aromatic N) is 6. The summed E-state index contributed by atoms with van der Waals surface area (Å²) in [6, 6.07) is 15.4. The summed E-state index contributed by atoms with van der Waals surface area (Å²) in [7, 11) is 0. The predicted molar refractivity (Wildman–Crippen MR) is 112 cm³/mol. The first-order valence-electron chi connectivity index (χ1n) is 9.50. The van der Waals surface area contributed by atoms with Crippen LogP contribution >= 0.6 is 0 Å². The monoisotopic (exact) mass is 400 g/mol. The fourth-order valence-corrected chi connectivity index (χ4v) is 3.13. The molecule has 4 aromatic rings. The molecule has 30 heavy (non-hydrogen) atoms. The van der Waals surface area contributed by atoms with Gasteiger partial charge in [0.25, 0.3) is 5.89 Å². The van der Waals surface area contributed by atoms with Crippen LogP contribution in [-0.4, -0.2) is 31.4 Å². The first kappa shape index (κ1) is 19.1. The van der Waals surface area contributed by atoms with Gasteiger partial charge in [-0.3, -0.25) is 0 Å². The second-order valence-corrected chi connectivity index (χ2v) is 6.64. The molecule has 9 heteroatoms. The number of nitriles is 1. The average molecular weight is 400 g/mol. The highest BCUT2D eigenvalue weighted by Gasteiger charge is 2.16. The first-order chi connectivity index (χ1) is 14.7. The number of hydrogen-bond acceptors (Lipinski definition) is 8. The van der Waals surface area contributed by atoms with Gasteiger partial charge in [-0.05, 0) is 44.0 Å². The third-order valence-electron chi connectivity index (χ3n) is 4.55. The number of nitrogens with two attached hydrogens (primary N) is 1. The van der Waals surface area contributed by atoms with E-state index >= 15 is 0 Å². The van der Waals surface area contributed by atoms with Crippen molar-refractivity contribution in [3.05, 3.63) is 65.7 Å². The molecule has 0 aliphatic rings. The molecule has 0 saturated heterocycles. The Hall–Kier alpha value is -4.19. The van der Waals surface area contributed by atoms with E-state index < -0.39 is 0 Å². The molecule has 0 fully saturated rings. The van der Waals surface area contributed by atoms with Gasteiger partial charge in [0.15, 0.2) is 5.82 Å². The van der Waals surface area contributed by atoms with E-state index in [2.05, 4.69) is 31.6 Å². The van der Waals surface area contributed by atoms with Gasteiger partial charge in [-0.15, -0.1) is 0 Å². The zero-order valence-corrected chi connectivity index (χ0v) is 16.4. The molecule has 0 bridgehead atoms. The van der Waals surface area contributed by atoms with Gasteiger partial charge in [0.05, 0.1) is 16.9 Å². The number of nitrogen functional groups attached to an aromatic ring is 1. The number of pyridine rings is 1. The van der Waals surface area contributed by atoms with Gasteiger partial charge in [0, 0.05) is 12.7 Å². The normalized spacial score (nSPS) is 10.7. The lowest BCUT2D eigenvalue weighted by Gasteiger charge is -2.07. The Bertz CT molecular complexity index is 1190. The molecule has 1 aromatic carbocycles. The van der Waals surface area contributed by atoms with Gasteiger partial charge in [-0.2, -0.15) is 15.3 Å². The van der Waals surface area contributed by atoms with Gasteiger partial charge in [-0.25, -0.2) is 9.67 Å². The minimum Gasteiger partial charge on any atom is -0.382 e. The van der Waals surface area contributed by atoms with Crippen molar-refractivity contribution in [1.82, 2.24) is 24.9 Å². The summed E-state index contributed by atoms with van der Waals surface area (Å²) in [4.78, 5) is 8.63. The lowest BCUT2D eigenvalue weighted by atomic mass is 10.1. The number of para-hydroxylation sites is 1. The van der Waals surface area contributed by atoms with Crippen LogP contribution in [-0.2, 0) is 6.42 Å². The number of rotatable bonds is 7. The zero-order chi connectivity index (χ0) is 20.9. The Labute approximate surface area is 173 Å². The number of anilines is 2. The third kappa shape index (κ3) is 3.84. The Morgan fingerprint density at radius 1 is 1.20 bits per heavy atom. The molecule has 3 N–H and O–H groups in total. The van der Waals surface area contributed by atoms with Gasteiger partial charge in [-0.1, -0.05) is 23.4 Å². The van der Waals surface area contributed by atoms with Crippen molar-refractivity contribution in [1.29, 1.82) is 5.26 Å². The van der Waals surface area contributed by atoms with Crippen LogP contribution in [0, 0.1) is 18.3 Å².